The minimum Gasteiger partial charge on any atom is -0.314 e. The molecule has 0 aliphatic carbocycles. The summed E-state index contributed by atoms with van der Waals surface area (Å²) in [6.07, 6.45) is 8.51. The van der Waals surface area contributed by atoms with Crippen LogP contribution < -0.4 is 5.32 Å². The lowest BCUT2D eigenvalue weighted by Crippen LogP contribution is -2.36. The van der Waals surface area contributed by atoms with E-state index in [0.29, 0.717) is 6.04 Å². The summed E-state index contributed by atoms with van der Waals surface area (Å²) in [4.78, 5) is 8.44. The molecule has 1 aliphatic rings. The van der Waals surface area contributed by atoms with Crippen molar-refractivity contribution in [2.75, 3.05) is 6.54 Å². The lowest BCUT2D eigenvalue weighted by Gasteiger charge is -2.22. The van der Waals surface area contributed by atoms with Crippen LogP contribution in [0.3, 0.4) is 0 Å². The van der Waals surface area contributed by atoms with Gasteiger partial charge in [0.15, 0.2) is 0 Å². The largest absolute Gasteiger partial charge is 0.314 e. The van der Waals surface area contributed by atoms with Crippen molar-refractivity contribution < 1.29 is 0 Å². The van der Waals surface area contributed by atoms with Gasteiger partial charge in [0, 0.05) is 24.9 Å². The highest BCUT2D eigenvalue weighted by Gasteiger charge is 2.13. The van der Waals surface area contributed by atoms with Gasteiger partial charge in [0.1, 0.15) is 5.82 Å². The third-order valence-corrected chi connectivity index (χ3v) is 2.46. The normalized spacial score (nSPS) is 22.9. The van der Waals surface area contributed by atoms with E-state index in [4.69, 9.17) is 0 Å². The van der Waals surface area contributed by atoms with Crippen molar-refractivity contribution in [1.29, 1.82) is 0 Å². The first-order chi connectivity index (χ1) is 6.45. The van der Waals surface area contributed by atoms with Gasteiger partial charge in [-0.2, -0.15) is 0 Å². The molecule has 0 aromatic carbocycles. The molecule has 1 aromatic rings. The smallest absolute Gasteiger partial charge is 0.129 e. The van der Waals surface area contributed by atoms with E-state index < -0.39 is 0 Å². The van der Waals surface area contributed by atoms with E-state index in [1.54, 1.807) is 0 Å². The average Bonchev–Trinajstić information content (AvgIpc) is 2.21. The van der Waals surface area contributed by atoms with E-state index >= 15 is 0 Å². The fourth-order valence-corrected chi connectivity index (χ4v) is 1.75. The lowest BCUT2D eigenvalue weighted by molar-refractivity contribution is 0.394. The molecule has 0 radical (unpaired) electrons. The first-order valence-electron chi connectivity index (χ1n) is 4.94. The van der Waals surface area contributed by atoms with Crippen molar-refractivity contribution in [2.24, 2.45) is 0 Å². The quantitative estimate of drug-likeness (QED) is 0.736. The van der Waals surface area contributed by atoms with E-state index in [-0.39, 0.29) is 0 Å². The summed E-state index contributed by atoms with van der Waals surface area (Å²) in [5.74, 6) is 0.960. The zero-order valence-electron chi connectivity index (χ0n) is 7.74. The lowest BCUT2D eigenvalue weighted by atomic mass is 10.0. The number of rotatable bonds is 2. The Kier molecular flexibility index (Phi) is 2.87. The summed E-state index contributed by atoms with van der Waals surface area (Å²) >= 11 is 0. The minimum atomic E-state index is 0.594. The number of nitrogens with one attached hydrogen (secondary N) is 1. The van der Waals surface area contributed by atoms with E-state index in [2.05, 4.69) is 15.3 Å². The summed E-state index contributed by atoms with van der Waals surface area (Å²) in [6.45, 7) is 1.15. The average molecular weight is 177 g/mol. The molecule has 1 aromatic heterocycles. The number of hydrogen-bond acceptors (Lipinski definition) is 3. The summed E-state index contributed by atoms with van der Waals surface area (Å²) in [6, 6.07) is 2.45. The van der Waals surface area contributed by atoms with E-state index in [0.717, 1.165) is 18.8 Å². The van der Waals surface area contributed by atoms with Crippen molar-refractivity contribution in [3.63, 3.8) is 0 Å². The van der Waals surface area contributed by atoms with Gasteiger partial charge in [-0.25, -0.2) is 9.97 Å². The Morgan fingerprint density at radius 2 is 2.15 bits per heavy atom. The predicted molar refractivity (Wildman–Crippen MR) is 51.4 cm³/mol. The standard InChI is InChI=1S/C10H15N3/c1-2-5-11-9(4-1)8-10-12-6-3-7-13-10/h3,6-7,9,11H,1-2,4-5,8H2. The van der Waals surface area contributed by atoms with Crippen LogP contribution in [0, 0.1) is 0 Å². The zero-order chi connectivity index (χ0) is 8.93. The highest BCUT2D eigenvalue weighted by molar-refractivity contribution is 4.92. The van der Waals surface area contributed by atoms with Gasteiger partial charge >= 0.3 is 0 Å². The van der Waals surface area contributed by atoms with Crippen LogP contribution in [0.25, 0.3) is 0 Å². The third kappa shape index (κ3) is 2.49. The molecule has 0 saturated carbocycles. The molecule has 1 atom stereocenters. The summed E-state index contributed by atoms with van der Waals surface area (Å²) in [5.41, 5.74) is 0. The van der Waals surface area contributed by atoms with Gasteiger partial charge in [-0.3, -0.25) is 0 Å². The van der Waals surface area contributed by atoms with Gasteiger partial charge in [-0.1, -0.05) is 6.42 Å². The summed E-state index contributed by atoms with van der Waals surface area (Å²) in [5, 5.41) is 3.49. The molecular formula is C10H15N3. The topological polar surface area (TPSA) is 37.8 Å². The Balaban J connectivity index is 1.90. The molecule has 2 heterocycles. The van der Waals surface area contributed by atoms with Gasteiger partial charge in [-0.15, -0.1) is 0 Å². The van der Waals surface area contributed by atoms with Gasteiger partial charge < -0.3 is 5.32 Å². The highest BCUT2D eigenvalue weighted by Crippen LogP contribution is 2.09. The molecule has 0 bridgehead atoms. The fraction of sp³-hybridized carbons (Fsp3) is 0.600. The van der Waals surface area contributed by atoms with Crippen LogP contribution in [-0.2, 0) is 6.42 Å². The van der Waals surface area contributed by atoms with Gasteiger partial charge in [-0.05, 0) is 25.5 Å². The second-order valence-electron chi connectivity index (χ2n) is 3.52. The first-order valence-corrected chi connectivity index (χ1v) is 4.94. The van der Waals surface area contributed by atoms with Gasteiger partial charge in [0.2, 0.25) is 0 Å². The second kappa shape index (κ2) is 4.33. The SMILES string of the molecule is c1cnc(CC2CCCCN2)nc1. The summed E-state index contributed by atoms with van der Waals surface area (Å²) in [7, 11) is 0. The maximum absolute atomic E-state index is 4.22. The predicted octanol–water partition coefficient (Wildman–Crippen LogP) is 1.16. The van der Waals surface area contributed by atoms with Crippen molar-refractivity contribution >= 4 is 0 Å². The van der Waals surface area contributed by atoms with E-state index in [9.17, 15) is 0 Å². The fourth-order valence-electron chi connectivity index (χ4n) is 1.75. The number of nitrogens with zero attached hydrogens (tertiary/aromatic N) is 2. The van der Waals surface area contributed by atoms with Crippen LogP contribution in [0.2, 0.25) is 0 Å². The molecule has 1 saturated heterocycles. The Morgan fingerprint density at radius 3 is 2.85 bits per heavy atom. The first kappa shape index (κ1) is 8.63. The molecule has 3 nitrogen and oxygen atoms in total. The maximum Gasteiger partial charge on any atom is 0.129 e. The number of hydrogen-bond donors (Lipinski definition) is 1. The van der Waals surface area contributed by atoms with Crippen LogP contribution >= 0.6 is 0 Å². The van der Waals surface area contributed by atoms with Crippen molar-refractivity contribution in [1.82, 2.24) is 15.3 Å². The maximum atomic E-state index is 4.22. The minimum absolute atomic E-state index is 0.594. The van der Waals surface area contributed by atoms with Crippen LogP contribution in [-0.4, -0.2) is 22.6 Å². The van der Waals surface area contributed by atoms with Crippen LogP contribution in [0.4, 0.5) is 0 Å². The molecule has 1 N–H and O–H groups in total. The monoisotopic (exact) mass is 177 g/mol. The molecule has 13 heavy (non-hydrogen) atoms. The number of aromatic nitrogens is 2. The van der Waals surface area contributed by atoms with Crippen molar-refractivity contribution in [2.45, 2.75) is 31.7 Å². The van der Waals surface area contributed by atoms with E-state index in [1.807, 2.05) is 18.5 Å². The summed E-state index contributed by atoms with van der Waals surface area (Å²) < 4.78 is 0. The Labute approximate surface area is 78.6 Å². The molecule has 70 valence electrons. The molecule has 3 heteroatoms. The molecule has 2 rings (SSSR count). The van der Waals surface area contributed by atoms with Crippen LogP contribution in [0.15, 0.2) is 18.5 Å². The van der Waals surface area contributed by atoms with E-state index in [1.165, 1.54) is 19.3 Å². The van der Waals surface area contributed by atoms with Crippen molar-refractivity contribution in [3.8, 4) is 0 Å². The van der Waals surface area contributed by atoms with Crippen LogP contribution in [0.5, 0.6) is 0 Å². The second-order valence-corrected chi connectivity index (χ2v) is 3.52. The molecule has 1 unspecified atom stereocenters. The zero-order valence-corrected chi connectivity index (χ0v) is 7.74. The molecular weight excluding hydrogens is 162 g/mol. The Bertz CT molecular complexity index is 242. The van der Waals surface area contributed by atoms with Gasteiger partial charge in [0.25, 0.3) is 0 Å². The van der Waals surface area contributed by atoms with Gasteiger partial charge in [0.05, 0.1) is 0 Å². The Hall–Kier alpha value is -0.960. The molecule has 0 spiro atoms. The molecule has 1 fully saturated rings. The third-order valence-electron chi connectivity index (χ3n) is 2.46. The highest BCUT2D eigenvalue weighted by atomic mass is 14.9. The molecule has 1 aliphatic heterocycles. The van der Waals surface area contributed by atoms with Crippen LogP contribution in [0.1, 0.15) is 25.1 Å². The molecule has 0 amide bonds. The Morgan fingerprint density at radius 1 is 1.31 bits per heavy atom. The number of piperidine rings is 1. The van der Waals surface area contributed by atoms with Crippen molar-refractivity contribution in [3.05, 3.63) is 24.3 Å².